The fourth-order valence-corrected chi connectivity index (χ4v) is 2.24. The molecule has 3 heteroatoms. The molecule has 0 aromatic heterocycles. The summed E-state index contributed by atoms with van der Waals surface area (Å²) in [6.45, 7) is 3.19. The van der Waals surface area contributed by atoms with E-state index in [9.17, 15) is 0 Å². The minimum atomic E-state index is -0.00146. The van der Waals surface area contributed by atoms with Crippen LogP contribution in [0.3, 0.4) is 0 Å². The normalized spacial score (nSPS) is 11.7. The largest absolute Gasteiger partial charge is 0.488 e. The van der Waals surface area contributed by atoms with Gasteiger partial charge in [0.25, 0.3) is 0 Å². The maximum atomic E-state index is 6.31. The van der Waals surface area contributed by atoms with Crippen LogP contribution in [0.15, 0.2) is 48.5 Å². The van der Waals surface area contributed by atoms with Crippen LogP contribution in [0.1, 0.15) is 6.92 Å². The smallest absolute Gasteiger partial charge is 0.138 e. The predicted octanol–water partition coefficient (Wildman–Crippen LogP) is 4.00. The molecule has 2 aromatic rings. The average Bonchev–Trinajstić information content (AvgIpc) is 2.50. The number of rotatable bonds is 6. The Morgan fingerprint density at radius 1 is 1.19 bits per heavy atom. The van der Waals surface area contributed by atoms with E-state index in [1.165, 1.54) is 0 Å². The Hall–Kier alpha value is -1.95. The summed E-state index contributed by atoms with van der Waals surface area (Å²) in [4.78, 5) is 0. The molecule has 21 heavy (non-hydrogen) atoms. The number of nitrogens with one attached hydrogen (secondary N) is 1. The first-order valence-electron chi connectivity index (χ1n) is 6.86. The SMILES string of the molecule is C#CCNCC(C)Oc1ccc(-c2ccccc2)cc1Cl. The maximum Gasteiger partial charge on any atom is 0.138 e. The van der Waals surface area contributed by atoms with Gasteiger partial charge in [-0.15, -0.1) is 6.42 Å². The molecule has 0 fully saturated rings. The zero-order valence-electron chi connectivity index (χ0n) is 12.0. The molecule has 0 aliphatic carbocycles. The van der Waals surface area contributed by atoms with Gasteiger partial charge in [0.2, 0.25) is 0 Å². The molecule has 1 atom stereocenters. The fourth-order valence-electron chi connectivity index (χ4n) is 2.01. The highest BCUT2D eigenvalue weighted by atomic mass is 35.5. The van der Waals surface area contributed by atoms with Crippen molar-refractivity contribution < 1.29 is 4.74 Å². The van der Waals surface area contributed by atoms with Crippen molar-refractivity contribution in [3.63, 3.8) is 0 Å². The molecule has 2 aromatic carbocycles. The van der Waals surface area contributed by atoms with E-state index < -0.39 is 0 Å². The van der Waals surface area contributed by atoms with E-state index in [-0.39, 0.29) is 6.10 Å². The third-order valence-corrected chi connectivity index (χ3v) is 3.32. The molecule has 1 unspecified atom stereocenters. The van der Waals surface area contributed by atoms with Gasteiger partial charge < -0.3 is 10.1 Å². The van der Waals surface area contributed by atoms with Crippen LogP contribution in [0.4, 0.5) is 0 Å². The van der Waals surface area contributed by atoms with Crippen molar-refractivity contribution in [3.8, 4) is 29.2 Å². The highest BCUT2D eigenvalue weighted by molar-refractivity contribution is 6.32. The van der Waals surface area contributed by atoms with Gasteiger partial charge in [-0.05, 0) is 30.2 Å². The van der Waals surface area contributed by atoms with Crippen LogP contribution in [0.2, 0.25) is 5.02 Å². The van der Waals surface area contributed by atoms with Gasteiger partial charge in [-0.25, -0.2) is 0 Å². The monoisotopic (exact) mass is 299 g/mol. The van der Waals surface area contributed by atoms with Crippen LogP contribution in [0.25, 0.3) is 11.1 Å². The topological polar surface area (TPSA) is 21.3 Å². The molecule has 0 amide bonds. The third kappa shape index (κ3) is 4.53. The number of benzene rings is 2. The zero-order chi connectivity index (χ0) is 15.1. The van der Waals surface area contributed by atoms with Gasteiger partial charge in [-0.3, -0.25) is 0 Å². The van der Waals surface area contributed by atoms with E-state index in [0.29, 0.717) is 23.9 Å². The lowest BCUT2D eigenvalue weighted by molar-refractivity contribution is 0.219. The van der Waals surface area contributed by atoms with Crippen LogP contribution in [-0.4, -0.2) is 19.2 Å². The van der Waals surface area contributed by atoms with Crippen molar-refractivity contribution in [2.45, 2.75) is 13.0 Å². The molecular weight excluding hydrogens is 282 g/mol. The Morgan fingerprint density at radius 3 is 2.62 bits per heavy atom. The summed E-state index contributed by atoms with van der Waals surface area (Å²) in [6, 6.07) is 16.0. The summed E-state index contributed by atoms with van der Waals surface area (Å²) in [5.41, 5.74) is 2.21. The molecule has 1 N–H and O–H groups in total. The molecule has 0 radical (unpaired) electrons. The molecule has 0 saturated carbocycles. The van der Waals surface area contributed by atoms with E-state index in [4.69, 9.17) is 22.8 Å². The number of terminal acetylenes is 1. The van der Waals surface area contributed by atoms with Crippen molar-refractivity contribution in [3.05, 3.63) is 53.6 Å². The van der Waals surface area contributed by atoms with Gasteiger partial charge >= 0.3 is 0 Å². The number of halogens is 1. The number of ether oxygens (including phenoxy) is 1. The Balaban J connectivity index is 2.04. The van der Waals surface area contributed by atoms with E-state index in [2.05, 4.69) is 23.4 Å². The molecule has 108 valence electrons. The minimum absolute atomic E-state index is 0.00146. The van der Waals surface area contributed by atoms with Crippen LogP contribution >= 0.6 is 11.6 Å². The summed E-state index contributed by atoms with van der Waals surface area (Å²) < 4.78 is 5.82. The summed E-state index contributed by atoms with van der Waals surface area (Å²) in [6.07, 6.45) is 5.19. The standard InChI is InChI=1S/C18H18ClNO/c1-3-11-20-13-14(2)21-18-10-9-16(12-17(18)19)15-7-5-4-6-8-15/h1,4-10,12,14,20H,11,13H2,2H3. The first kappa shape index (κ1) is 15.4. The molecule has 2 nitrogen and oxygen atoms in total. The van der Waals surface area contributed by atoms with Crippen molar-refractivity contribution >= 4 is 11.6 Å². The van der Waals surface area contributed by atoms with E-state index in [1.54, 1.807) is 0 Å². The molecule has 0 bridgehead atoms. The first-order valence-corrected chi connectivity index (χ1v) is 7.24. The van der Waals surface area contributed by atoms with Gasteiger partial charge in [0.15, 0.2) is 0 Å². The van der Waals surface area contributed by atoms with Crippen LogP contribution in [0, 0.1) is 12.3 Å². The number of hydrogen-bond donors (Lipinski definition) is 1. The molecule has 2 rings (SSSR count). The lowest BCUT2D eigenvalue weighted by atomic mass is 10.1. The van der Waals surface area contributed by atoms with Crippen molar-refractivity contribution in [2.75, 3.05) is 13.1 Å². The van der Waals surface area contributed by atoms with Crippen LogP contribution in [0.5, 0.6) is 5.75 Å². The maximum absolute atomic E-state index is 6.31. The van der Waals surface area contributed by atoms with E-state index in [1.807, 2.05) is 43.3 Å². The van der Waals surface area contributed by atoms with Crippen molar-refractivity contribution in [1.29, 1.82) is 0 Å². The highest BCUT2D eigenvalue weighted by Crippen LogP contribution is 2.30. The van der Waals surface area contributed by atoms with Crippen LogP contribution < -0.4 is 10.1 Å². The van der Waals surface area contributed by atoms with E-state index >= 15 is 0 Å². The summed E-state index contributed by atoms with van der Waals surface area (Å²) in [5.74, 6) is 3.22. The fraction of sp³-hybridized carbons (Fsp3) is 0.222. The van der Waals surface area contributed by atoms with Crippen molar-refractivity contribution in [2.24, 2.45) is 0 Å². The predicted molar refractivity (Wildman–Crippen MR) is 88.7 cm³/mol. The third-order valence-electron chi connectivity index (χ3n) is 3.03. The highest BCUT2D eigenvalue weighted by Gasteiger charge is 2.08. The second kappa shape index (κ2) is 7.73. The molecule has 0 saturated heterocycles. The van der Waals surface area contributed by atoms with Gasteiger partial charge in [0, 0.05) is 6.54 Å². The first-order chi connectivity index (χ1) is 10.2. The quantitative estimate of drug-likeness (QED) is 0.643. The summed E-state index contributed by atoms with van der Waals surface area (Å²) >= 11 is 6.31. The molecule has 0 aliphatic rings. The van der Waals surface area contributed by atoms with Gasteiger partial charge in [0.05, 0.1) is 11.6 Å². The minimum Gasteiger partial charge on any atom is -0.488 e. The van der Waals surface area contributed by atoms with Crippen molar-refractivity contribution in [1.82, 2.24) is 5.32 Å². The van der Waals surface area contributed by atoms with Gasteiger partial charge in [0.1, 0.15) is 11.9 Å². The molecule has 0 aliphatic heterocycles. The van der Waals surface area contributed by atoms with E-state index in [0.717, 1.165) is 11.1 Å². The second-order valence-electron chi connectivity index (χ2n) is 4.77. The van der Waals surface area contributed by atoms with Crippen LogP contribution in [-0.2, 0) is 0 Å². The van der Waals surface area contributed by atoms with Gasteiger partial charge in [-0.1, -0.05) is 53.9 Å². The molecule has 0 heterocycles. The number of hydrogen-bond acceptors (Lipinski definition) is 2. The van der Waals surface area contributed by atoms with Gasteiger partial charge in [-0.2, -0.15) is 0 Å². The second-order valence-corrected chi connectivity index (χ2v) is 5.18. The summed E-state index contributed by atoms with van der Waals surface area (Å²) in [7, 11) is 0. The lowest BCUT2D eigenvalue weighted by Crippen LogP contribution is -2.29. The Morgan fingerprint density at radius 2 is 1.95 bits per heavy atom. The average molecular weight is 300 g/mol. The molecular formula is C18H18ClNO. The molecule has 0 spiro atoms. The zero-order valence-corrected chi connectivity index (χ0v) is 12.7. The Bertz CT molecular complexity index is 619. The lowest BCUT2D eigenvalue weighted by Gasteiger charge is -2.16. The summed E-state index contributed by atoms with van der Waals surface area (Å²) in [5, 5.41) is 3.72. The Kier molecular flexibility index (Phi) is 5.68. The Labute approximate surface area is 131 Å².